The molecular weight excluding hydrogens is 228 g/mol. The molecule has 0 radical (unpaired) electrons. The van der Waals surface area contributed by atoms with Gasteiger partial charge in [-0.2, -0.15) is 0 Å². The Balaban J connectivity index is 1.93. The summed E-state index contributed by atoms with van der Waals surface area (Å²) in [7, 11) is 2.05. The Morgan fingerprint density at radius 2 is 2.33 bits per heavy atom. The van der Waals surface area contributed by atoms with Gasteiger partial charge in [-0.25, -0.2) is 0 Å². The minimum atomic E-state index is -0.508. The van der Waals surface area contributed by atoms with E-state index >= 15 is 0 Å². The fourth-order valence-corrected chi connectivity index (χ4v) is 2.23. The lowest BCUT2D eigenvalue weighted by Crippen LogP contribution is -2.33. The van der Waals surface area contributed by atoms with E-state index in [1.165, 1.54) is 12.8 Å². The lowest BCUT2D eigenvalue weighted by atomic mass is 10.1. The van der Waals surface area contributed by atoms with Gasteiger partial charge in [-0.05, 0) is 38.3 Å². The number of pyridine rings is 1. The molecule has 2 rings (SSSR count). The highest BCUT2D eigenvalue weighted by Gasteiger charge is 2.16. The first-order chi connectivity index (χ1) is 8.66. The molecule has 0 aromatic carbocycles. The van der Waals surface area contributed by atoms with Gasteiger partial charge in [0.05, 0.1) is 29.8 Å². The topological polar surface area (TPSA) is 45.6 Å². The van der Waals surface area contributed by atoms with Crippen molar-refractivity contribution in [2.24, 2.45) is 0 Å². The van der Waals surface area contributed by atoms with Crippen LogP contribution in [-0.2, 0) is 4.74 Å². The van der Waals surface area contributed by atoms with Crippen molar-refractivity contribution in [3.63, 3.8) is 0 Å². The van der Waals surface area contributed by atoms with Gasteiger partial charge in [-0.15, -0.1) is 0 Å². The van der Waals surface area contributed by atoms with Crippen LogP contribution in [0.5, 0.6) is 0 Å². The molecule has 1 aliphatic rings. The Morgan fingerprint density at radius 3 is 2.89 bits per heavy atom. The van der Waals surface area contributed by atoms with E-state index in [4.69, 9.17) is 4.74 Å². The van der Waals surface area contributed by atoms with Gasteiger partial charge in [-0.3, -0.25) is 4.98 Å². The summed E-state index contributed by atoms with van der Waals surface area (Å²) in [6, 6.07) is 3.87. The second kappa shape index (κ2) is 6.16. The Labute approximate surface area is 109 Å². The molecule has 0 amide bonds. The maximum Gasteiger partial charge on any atom is 0.0931 e. The van der Waals surface area contributed by atoms with Crippen LogP contribution in [0, 0.1) is 0 Å². The lowest BCUT2D eigenvalue weighted by molar-refractivity contribution is 0.0216. The summed E-state index contributed by atoms with van der Waals surface area (Å²) in [5, 5.41) is 9.42. The monoisotopic (exact) mass is 250 g/mol. The van der Waals surface area contributed by atoms with E-state index in [0.717, 1.165) is 25.3 Å². The SMILES string of the molecule is C[C@H](O)c1ccc(N(C)CC2CCCCO2)cn1. The van der Waals surface area contributed by atoms with Crippen LogP contribution < -0.4 is 4.90 Å². The van der Waals surface area contributed by atoms with Gasteiger partial charge in [0.15, 0.2) is 0 Å². The van der Waals surface area contributed by atoms with Crippen LogP contribution >= 0.6 is 0 Å². The molecule has 2 atom stereocenters. The third-order valence-corrected chi connectivity index (χ3v) is 3.39. The maximum atomic E-state index is 9.42. The number of anilines is 1. The van der Waals surface area contributed by atoms with Crippen molar-refractivity contribution >= 4 is 5.69 Å². The van der Waals surface area contributed by atoms with Crippen LogP contribution in [0.4, 0.5) is 5.69 Å². The number of aliphatic hydroxyl groups excluding tert-OH is 1. The van der Waals surface area contributed by atoms with Gasteiger partial charge in [0.2, 0.25) is 0 Å². The minimum absolute atomic E-state index is 0.334. The van der Waals surface area contributed by atoms with Crippen molar-refractivity contribution in [1.29, 1.82) is 0 Å². The maximum absolute atomic E-state index is 9.42. The zero-order valence-corrected chi connectivity index (χ0v) is 11.2. The highest BCUT2D eigenvalue weighted by molar-refractivity contribution is 5.43. The summed E-state index contributed by atoms with van der Waals surface area (Å²) in [5.41, 5.74) is 1.77. The smallest absolute Gasteiger partial charge is 0.0931 e. The van der Waals surface area contributed by atoms with Crippen molar-refractivity contribution < 1.29 is 9.84 Å². The van der Waals surface area contributed by atoms with E-state index in [1.807, 2.05) is 18.3 Å². The zero-order valence-electron chi connectivity index (χ0n) is 11.2. The number of nitrogens with zero attached hydrogens (tertiary/aromatic N) is 2. The molecule has 4 nitrogen and oxygen atoms in total. The van der Waals surface area contributed by atoms with Gasteiger partial charge in [0, 0.05) is 20.2 Å². The van der Waals surface area contributed by atoms with E-state index in [2.05, 4.69) is 16.9 Å². The number of aromatic nitrogens is 1. The highest BCUT2D eigenvalue weighted by atomic mass is 16.5. The van der Waals surface area contributed by atoms with E-state index < -0.39 is 6.10 Å². The first kappa shape index (κ1) is 13.3. The molecule has 1 aromatic heterocycles. The minimum Gasteiger partial charge on any atom is -0.387 e. The number of aliphatic hydroxyl groups is 1. The first-order valence-corrected chi connectivity index (χ1v) is 6.63. The molecule has 1 unspecified atom stereocenters. The van der Waals surface area contributed by atoms with Crippen molar-refractivity contribution in [2.45, 2.75) is 38.4 Å². The van der Waals surface area contributed by atoms with E-state index in [0.29, 0.717) is 11.8 Å². The summed E-state index contributed by atoms with van der Waals surface area (Å²) in [6.07, 6.45) is 5.22. The number of hydrogen-bond donors (Lipinski definition) is 1. The largest absolute Gasteiger partial charge is 0.387 e. The van der Waals surface area contributed by atoms with E-state index in [9.17, 15) is 5.11 Å². The highest BCUT2D eigenvalue weighted by Crippen LogP contribution is 2.18. The third-order valence-electron chi connectivity index (χ3n) is 3.39. The summed E-state index contributed by atoms with van der Waals surface area (Å²) in [6.45, 7) is 3.51. The lowest BCUT2D eigenvalue weighted by Gasteiger charge is -2.28. The second-order valence-corrected chi connectivity index (χ2v) is 4.99. The second-order valence-electron chi connectivity index (χ2n) is 4.99. The van der Waals surface area contributed by atoms with Crippen molar-refractivity contribution in [3.8, 4) is 0 Å². The van der Waals surface area contributed by atoms with Crippen molar-refractivity contribution in [2.75, 3.05) is 25.1 Å². The number of ether oxygens (including phenoxy) is 1. The van der Waals surface area contributed by atoms with Crippen molar-refractivity contribution in [3.05, 3.63) is 24.0 Å². The van der Waals surface area contributed by atoms with Crippen LogP contribution in [0.15, 0.2) is 18.3 Å². The average Bonchev–Trinajstić information content (AvgIpc) is 2.40. The van der Waals surface area contributed by atoms with Crippen LogP contribution in [-0.4, -0.2) is 36.4 Å². The fourth-order valence-electron chi connectivity index (χ4n) is 2.23. The Bertz CT molecular complexity index is 359. The zero-order chi connectivity index (χ0) is 13.0. The van der Waals surface area contributed by atoms with Crippen molar-refractivity contribution in [1.82, 2.24) is 4.98 Å². The molecule has 1 aromatic rings. The third kappa shape index (κ3) is 3.43. The predicted octanol–water partition coefficient (Wildman–Crippen LogP) is 2.14. The van der Waals surface area contributed by atoms with Crippen LogP contribution in [0.1, 0.15) is 38.0 Å². The normalized spacial score (nSPS) is 21.6. The predicted molar refractivity (Wildman–Crippen MR) is 71.7 cm³/mol. The number of hydrogen-bond acceptors (Lipinski definition) is 4. The van der Waals surface area contributed by atoms with Crippen LogP contribution in [0.3, 0.4) is 0 Å². The summed E-state index contributed by atoms with van der Waals surface area (Å²) >= 11 is 0. The Hall–Kier alpha value is -1.13. The first-order valence-electron chi connectivity index (χ1n) is 6.63. The molecule has 0 bridgehead atoms. The standard InChI is InChI=1S/C14H22N2O2/c1-11(17)14-7-6-12(9-15-14)16(2)10-13-5-3-4-8-18-13/h6-7,9,11,13,17H,3-5,8,10H2,1-2H3/t11-,13?/m0/s1. The molecule has 2 heterocycles. The van der Waals surface area contributed by atoms with E-state index in [1.54, 1.807) is 6.92 Å². The van der Waals surface area contributed by atoms with E-state index in [-0.39, 0.29) is 0 Å². The Morgan fingerprint density at radius 1 is 1.50 bits per heavy atom. The molecule has 4 heteroatoms. The van der Waals surface area contributed by atoms with Gasteiger partial charge in [0.25, 0.3) is 0 Å². The Kier molecular flexibility index (Phi) is 4.55. The van der Waals surface area contributed by atoms with Crippen LogP contribution in [0.25, 0.3) is 0 Å². The molecule has 0 aliphatic carbocycles. The average molecular weight is 250 g/mol. The summed E-state index contributed by atoms with van der Waals surface area (Å²) in [5.74, 6) is 0. The van der Waals surface area contributed by atoms with Gasteiger partial charge in [-0.1, -0.05) is 0 Å². The van der Waals surface area contributed by atoms with Gasteiger partial charge in [0.1, 0.15) is 0 Å². The molecule has 0 spiro atoms. The number of likely N-dealkylation sites (N-methyl/N-ethyl adjacent to an activating group) is 1. The molecule has 1 N–H and O–H groups in total. The van der Waals surface area contributed by atoms with Crippen LogP contribution in [0.2, 0.25) is 0 Å². The molecular formula is C14H22N2O2. The summed E-state index contributed by atoms with van der Waals surface area (Å²) in [4.78, 5) is 6.42. The summed E-state index contributed by atoms with van der Waals surface area (Å²) < 4.78 is 5.73. The quantitative estimate of drug-likeness (QED) is 0.889. The molecule has 0 saturated carbocycles. The molecule has 100 valence electrons. The molecule has 1 aliphatic heterocycles. The fraction of sp³-hybridized carbons (Fsp3) is 0.643. The molecule has 1 fully saturated rings. The van der Waals surface area contributed by atoms with Gasteiger partial charge >= 0.3 is 0 Å². The van der Waals surface area contributed by atoms with Gasteiger partial charge < -0.3 is 14.7 Å². The molecule has 1 saturated heterocycles. The molecule has 18 heavy (non-hydrogen) atoms. The number of rotatable bonds is 4.